The first-order valence-corrected chi connectivity index (χ1v) is 8.89. The average molecular weight is 319 g/mol. The highest BCUT2D eigenvalue weighted by Gasteiger charge is 2.56. The van der Waals surface area contributed by atoms with Crippen molar-refractivity contribution in [3.05, 3.63) is 12.2 Å². The zero-order valence-electron chi connectivity index (χ0n) is 13.4. The second kappa shape index (κ2) is 5.33. The summed E-state index contributed by atoms with van der Waals surface area (Å²) in [6.07, 6.45) is 8.25. The Bertz CT molecular complexity index is 551. The molecule has 126 valence electrons. The molecule has 4 fully saturated rings. The molecule has 3 aliphatic heterocycles. The Hall–Kier alpha value is -1.36. The lowest BCUT2D eigenvalue weighted by Crippen LogP contribution is -2.56. The van der Waals surface area contributed by atoms with Crippen LogP contribution in [-0.2, 0) is 9.59 Å². The SMILES string of the molecule is O=C(O)C1CCC2C=CC(C(=O)O)(C3CN4CCC3CC4)CC21. The van der Waals surface area contributed by atoms with Crippen LogP contribution in [0.4, 0.5) is 0 Å². The molecule has 0 radical (unpaired) electrons. The van der Waals surface area contributed by atoms with Crippen LogP contribution >= 0.6 is 0 Å². The van der Waals surface area contributed by atoms with Crippen LogP contribution in [-0.4, -0.2) is 46.7 Å². The van der Waals surface area contributed by atoms with E-state index in [0.29, 0.717) is 18.8 Å². The monoisotopic (exact) mass is 319 g/mol. The summed E-state index contributed by atoms with van der Waals surface area (Å²) in [5, 5.41) is 19.6. The van der Waals surface area contributed by atoms with Crippen molar-refractivity contribution in [1.82, 2.24) is 4.90 Å². The molecule has 5 rings (SSSR count). The lowest BCUT2D eigenvalue weighted by molar-refractivity contribution is -0.158. The minimum absolute atomic E-state index is 0.0101. The van der Waals surface area contributed by atoms with Crippen molar-refractivity contribution in [3.63, 3.8) is 0 Å². The maximum absolute atomic E-state index is 12.3. The Morgan fingerprint density at radius 1 is 1.09 bits per heavy atom. The number of rotatable bonds is 3. The predicted octanol–water partition coefficient (Wildman–Crippen LogP) is 2.09. The fraction of sp³-hybridized carbons (Fsp3) is 0.778. The van der Waals surface area contributed by atoms with Crippen LogP contribution in [0, 0.1) is 35.0 Å². The number of carboxylic acid groups (broad SMARTS) is 2. The third-order valence-corrected chi connectivity index (χ3v) is 7.13. The minimum atomic E-state index is -0.858. The van der Waals surface area contributed by atoms with E-state index in [1.54, 1.807) is 0 Å². The Morgan fingerprint density at radius 2 is 1.83 bits per heavy atom. The van der Waals surface area contributed by atoms with Gasteiger partial charge in [-0.1, -0.05) is 12.2 Å². The molecule has 0 spiro atoms. The standard InChI is InChI=1S/C18H25NO4/c20-16(21)13-2-1-11-3-6-18(17(22)23,9-14(11)13)15-10-19-7-4-12(15)5-8-19/h3,6,11-15H,1-2,4-5,7-10H2,(H,20,21)(H,22,23). The summed E-state index contributed by atoms with van der Waals surface area (Å²) in [5.74, 6) is -1.02. The molecule has 5 nitrogen and oxygen atoms in total. The van der Waals surface area contributed by atoms with Gasteiger partial charge < -0.3 is 15.1 Å². The number of piperidine rings is 3. The number of fused-ring (bicyclic) bond motifs is 4. The molecular weight excluding hydrogens is 294 g/mol. The number of hydrogen-bond donors (Lipinski definition) is 2. The van der Waals surface area contributed by atoms with Crippen LogP contribution in [0.3, 0.4) is 0 Å². The molecule has 5 atom stereocenters. The molecule has 0 amide bonds. The van der Waals surface area contributed by atoms with Gasteiger partial charge in [0, 0.05) is 6.54 Å². The highest BCUT2D eigenvalue weighted by atomic mass is 16.4. The second-order valence-electron chi connectivity index (χ2n) is 8.00. The van der Waals surface area contributed by atoms with Gasteiger partial charge in [-0.05, 0) is 68.9 Å². The fourth-order valence-electron chi connectivity index (χ4n) is 5.83. The third kappa shape index (κ3) is 2.24. The Morgan fingerprint density at radius 3 is 2.39 bits per heavy atom. The zero-order chi connectivity index (χ0) is 16.2. The van der Waals surface area contributed by atoms with Crippen LogP contribution in [0.5, 0.6) is 0 Å². The first-order valence-electron chi connectivity index (χ1n) is 8.89. The lowest BCUT2D eigenvalue weighted by Gasteiger charge is -2.52. The van der Waals surface area contributed by atoms with Gasteiger partial charge in [0.15, 0.2) is 0 Å². The van der Waals surface area contributed by atoms with Gasteiger partial charge in [0.2, 0.25) is 0 Å². The van der Waals surface area contributed by atoms with E-state index >= 15 is 0 Å². The van der Waals surface area contributed by atoms with Gasteiger partial charge in [-0.3, -0.25) is 9.59 Å². The Kier molecular flexibility index (Phi) is 3.52. The van der Waals surface area contributed by atoms with Crippen LogP contribution < -0.4 is 0 Å². The maximum atomic E-state index is 12.3. The first kappa shape index (κ1) is 15.2. The number of carboxylic acids is 2. The first-order chi connectivity index (χ1) is 11.0. The summed E-state index contributed by atoms with van der Waals surface area (Å²) < 4.78 is 0. The molecular formula is C18H25NO4. The second-order valence-corrected chi connectivity index (χ2v) is 8.00. The summed E-state index contributed by atoms with van der Waals surface area (Å²) in [4.78, 5) is 26.2. The number of hydrogen-bond acceptors (Lipinski definition) is 3. The van der Waals surface area contributed by atoms with E-state index in [2.05, 4.69) is 4.90 Å². The van der Waals surface area contributed by atoms with Gasteiger partial charge in [0.25, 0.3) is 0 Å². The molecule has 3 saturated heterocycles. The Balaban J connectivity index is 1.67. The van der Waals surface area contributed by atoms with Gasteiger partial charge in [0.05, 0.1) is 11.3 Å². The quantitative estimate of drug-likeness (QED) is 0.779. The molecule has 5 aliphatic rings. The topological polar surface area (TPSA) is 77.8 Å². The summed E-state index contributed by atoms with van der Waals surface area (Å²) >= 11 is 0. The summed E-state index contributed by atoms with van der Waals surface area (Å²) in [5.41, 5.74) is -0.858. The normalized spacial score (nSPS) is 48.2. The number of carbonyl (C=O) groups is 2. The molecule has 3 heterocycles. The lowest BCUT2D eigenvalue weighted by atomic mass is 9.57. The minimum Gasteiger partial charge on any atom is -0.481 e. The molecule has 1 saturated carbocycles. The summed E-state index contributed by atoms with van der Waals surface area (Å²) in [6, 6.07) is 0. The molecule has 0 aromatic heterocycles. The highest BCUT2D eigenvalue weighted by molar-refractivity contribution is 5.79. The van der Waals surface area contributed by atoms with E-state index in [1.807, 2.05) is 12.2 Å². The Labute approximate surface area is 136 Å². The van der Waals surface area contributed by atoms with Gasteiger partial charge in [-0.15, -0.1) is 0 Å². The van der Waals surface area contributed by atoms with Crippen molar-refractivity contribution in [2.75, 3.05) is 19.6 Å². The number of nitrogens with zero attached hydrogens (tertiary/aromatic N) is 1. The van der Waals surface area contributed by atoms with Crippen molar-refractivity contribution in [1.29, 1.82) is 0 Å². The van der Waals surface area contributed by atoms with Crippen LogP contribution in [0.1, 0.15) is 32.1 Å². The van der Waals surface area contributed by atoms with E-state index in [0.717, 1.165) is 38.9 Å². The highest BCUT2D eigenvalue weighted by Crippen LogP contribution is 2.55. The molecule has 23 heavy (non-hydrogen) atoms. The van der Waals surface area contributed by atoms with Gasteiger partial charge in [-0.2, -0.15) is 0 Å². The van der Waals surface area contributed by atoms with Gasteiger partial charge in [-0.25, -0.2) is 0 Å². The maximum Gasteiger partial charge on any atom is 0.313 e. The molecule has 2 bridgehead atoms. The summed E-state index contributed by atoms with van der Waals surface area (Å²) in [6.45, 7) is 3.03. The molecule has 2 aliphatic carbocycles. The molecule has 5 unspecified atom stereocenters. The smallest absolute Gasteiger partial charge is 0.313 e. The zero-order valence-corrected chi connectivity index (χ0v) is 13.4. The van der Waals surface area contributed by atoms with Crippen molar-refractivity contribution >= 4 is 11.9 Å². The van der Waals surface area contributed by atoms with E-state index < -0.39 is 17.4 Å². The van der Waals surface area contributed by atoms with Gasteiger partial charge in [0.1, 0.15) is 0 Å². The largest absolute Gasteiger partial charge is 0.481 e. The molecule has 2 N–H and O–H groups in total. The molecule has 0 aromatic carbocycles. The number of aliphatic carboxylic acids is 2. The van der Waals surface area contributed by atoms with Crippen molar-refractivity contribution in [2.45, 2.75) is 32.1 Å². The number of allylic oxidation sites excluding steroid dienone is 1. The summed E-state index contributed by atoms with van der Waals surface area (Å²) in [7, 11) is 0. The van der Waals surface area contributed by atoms with Crippen LogP contribution in [0.25, 0.3) is 0 Å². The molecule has 5 heteroatoms. The van der Waals surface area contributed by atoms with Crippen molar-refractivity contribution in [3.8, 4) is 0 Å². The average Bonchev–Trinajstić information content (AvgIpc) is 2.98. The van der Waals surface area contributed by atoms with E-state index in [4.69, 9.17) is 0 Å². The fourth-order valence-corrected chi connectivity index (χ4v) is 5.83. The predicted molar refractivity (Wildman–Crippen MR) is 83.8 cm³/mol. The van der Waals surface area contributed by atoms with E-state index in [1.165, 1.54) is 0 Å². The van der Waals surface area contributed by atoms with Crippen LogP contribution in [0.2, 0.25) is 0 Å². The molecule has 0 aromatic rings. The van der Waals surface area contributed by atoms with Crippen molar-refractivity contribution < 1.29 is 19.8 Å². The van der Waals surface area contributed by atoms with E-state index in [-0.39, 0.29) is 23.7 Å². The van der Waals surface area contributed by atoms with E-state index in [9.17, 15) is 19.8 Å². The van der Waals surface area contributed by atoms with Crippen LogP contribution in [0.15, 0.2) is 12.2 Å². The third-order valence-electron chi connectivity index (χ3n) is 7.13. The van der Waals surface area contributed by atoms with Crippen molar-refractivity contribution in [2.24, 2.45) is 35.0 Å². The van der Waals surface area contributed by atoms with Gasteiger partial charge >= 0.3 is 11.9 Å².